The van der Waals surface area contributed by atoms with Gasteiger partial charge in [-0.15, -0.1) is 0 Å². The molecule has 2 unspecified atom stereocenters. The molecule has 1 aliphatic rings. The largest absolute Gasteiger partial charge is 0.486 e. The molecular weight excluding hydrogens is 469 g/mol. The van der Waals surface area contributed by atoms with Gasteiger partial charge in [-0.3, -0.25) is 14.8 Å². The van der Waals surface area contributed by atoms with Crippen LogP contribution in [0.3, 0.4) is 0 Å². The predicted octanol–water partition coefficient (Wildman–Crippen LogP) is 3.42. The van der Waals surface area contributed by atoms with Gasteiger partial charge in [-0.25, -0.2) is 5.48 Å². The number of aliphatic hydroxyl groups is 1. The SMILES string of the molecule is Cn1cc(C(=O)NO)c(OCc2ccc(Cl)c(Cl)c2)c1C(=O)NC1c2ccccc2CC1O. The number of nitrogens with zero attached hydrogens (tertiary/aromatic N) is 1. The van der Waals surface area contributed by atoms with Gasteiger partial charge in [0.05, 0.1) is 22.2 Å². The quantitative estimate of drug-likeness (QED) is 0.313. The van der Waals surface area contributed by atoms with Crippen molar-refractivity contribution in [2.24, 2.45) is 7.05 Å². The van der Waals surface area contributed by atoms with Crippen LogP contribution in [0.5, 0.6) is 5.75 Å². The summed E-state index contributed by atoms with van der Waals surface area (Å²) in [6.07, 6.45) is 1.02. The average molecular weight is 490 g/mol. The van der Waals surface area contributed by atoms with E-state index >= 15 is 0 Å². The molecule has 10 heteroatoms. The molecule has 4 N–H and O–H groups in total. The van der Waals surface area contributed by atoms with Crippen molar-refractivity contribution < 1.29 is 24.6 Å². The minimum Gasteiger partial charge on any atom is -0.486 e. The summed E-state index contributed by atoms with van der Waals surface area (Å²) in [5.74, 6) is -1.40. The van der Waals surface area contributed by atoms with E-state index in [1.165, 1.54) is 10.8 Å². The van der Waals surface area contributed by atoms with Crippen LogP contribution < -0.4 is 15.5 Å². The van der Waals surface area contributed by atoms with Crippen LogP contribution in [-0.2, 0) is 20.1 Å². The van der Waals surface area contributed by atoms with Crippen molar-refractivity contribution in [3.8, 4) is 5.75 Å². The van der Waals surface area contributed by atoms with Gasteiger partial charge in [-0.2, -0.15) is 0 Å². The number of carbonyl (C=O) groups is 2. The standard InChI is InChI=1S/C23H21Cl2N3O5/c1-28-10-15(22(30)27-32)21(33-11-12-6-7-16(24)17(25)8-12)20(28)23(31)26-19-14-5-3-2-4-13(14)9-18(19)29/h2-8,10,18-19,29,32H,9,11H2,1H3,(H,26,31)(H,27,30). The van der Waals surface area contributed by atoms with E-state index in [0.29, 0.717) is 22.0 Å². The smallest absolute Gasteiger partial charge is 0.279 e. The van der Waals surface area contributed by atoms with Crippen molar-refractivity contribution in [3.63, 3.8) is 0 Å². The molecule has 4 rings (SSSR count). The van der Waals surface area contributed by atoms with Crippen LogP contribution in [0.1, 0.15) is 43.6 Å². The lowest BCUT2D eigenvalue weighted by molar-refractivity contribution is 0.0702. The van der Waals surface area contributed by atoms with Crippen molar-refractivity contribution in [2.45, 2.75) is 25.2 Å². The van der Waals surface area contributed by atoms with E-state index in [2.05, 4.69) is 5.32 Å². The zero-order valence-corrected chi connectivity index (χ0v) is 19.0. The number of halogens is 2. The molecule has 3 aromatic rings. The highest BCUT2D eigenvalue weighted by atomic mass is 35.5. The fourth-order valence-electron chi connectivity index (χ4n) is 3.98. The number of hydrogen-bond donors (Lipinski definition) is 4. The summed E-state index contributed by atoms with van der Waals surface area (Å²) in [5, 5.41) is 23.2. The number of rotatable bonds is 6. The van der Waals surface area contributed by atoms with E-state index in [4.69, 9.17) is 33.1 Å². The third-order valence-corrected chi connectivity index (χ3v) is 6.29. The van der Waals surface area contributed by atoms with Crippen molar-refractivity contribution in [2.75, 3.05) is 0 Å². The molecule has 1 aliphatic carbocycles. The number of nitrogens with one attached hydrogen (secondary N) is 2. The molecule has 0 spiro atoms. The van der Waals surface area contributed by atoms with Crippen LogP contribution in [0, 0.1) is 0 Å². The highest BCUT2D eigenvalue weighted by molar-refractivity contribution is 6.42. The predicted molar refractivity (Wildman–Crippen MR) is 122 cm³/mol. The summed E-state index contributed by atoms with van der Waals surface area (Å²) in [7, 11) is 1.58. The third-order valence-electron chi connectivity index (χ3n) is 5.55. The second kappa shape index (κ2) is 9.44. The molecule has 0 radical (unpaired) electrons. The molecular formula is C23H21Cl2N3O5. The van der Waals surface area contributed by atoms with Crippen LogP contribution >= 0.6 is 23.2 Å². The molecule has 8 nitrogen and oxygen atoms in total. The first-order valence-electron chi connectivity index (χ1n) is 10.1. The fourth-order valence-corrected chi connectivity index (χ4v) is 4.30. The van der Waals surface area contributed by atoms with Gasteiger partial charge in [0, 0.05) is 19.7 Å². The van der Waals surface area contributed by atoms with E-state index in [0.717, 1.165) is 11.1 Å². The number of amides is 2. The van der Waals surface area contributed by atoms with Gasteiger partial charge in [0.2, 0.25) is 0 Å². The zero-order valence-electron chi connectivity index (χ0n) is 17.5. The number of carbonyl (C=O) groups excluding carboxylic acids is 2. The molecule has 0 aliphatic heterocycles. The van der Waals surface area contributed by atoms with E-state index in [9.17, 15) is 14.7 Å². The van der Waals surface area contributed by atoms with Gasteiger partial charge < -0.3 is 19.7 Å². The van der Waals surface area contributed by atoms with Gasteiger partial charge in [-0.05, 0) is 28.8 Å². The number of benzene rings is 2. The van der Waals surface area contributed by atoms with Crippen LogP contribution in [0.2, 0.25) is 10.0 Å². The average Bonchev–Trinajstić information content (AvgIpc) is 3.30. The van der Waals surface area contributed by atoms with Crippen molar-refractivity contribution in [1.29, 1.82) is 0 Å². The Bertz CT molecular complexity index is 1230. The summed E-state index contributed by atoms with van der Waals surface area (Å²) in [6.45, 7) is -0.0121. The van der Waals surface area contributed by atoms with E-state index in [1.807, 2.05) is 24.3 Å². The molecule has 2 aromatic carbocycles. The first-order valence-corrected chi connectivity index (χ1v) is 10.8. The number of hydrogen-bond acceptors (Lipinski definition) is 5. The number of aromatic nitrogens is 1. The number of hydroxylamine groups is 1. The maximum Gasteiger partial charge on any atom is 0.279 e. The molecule has 172 valence electrons. The lowest BCUT2D eigenvalue weighted by Crippen LogP contribution is -2.35. The van der Waals surface area contributed by atoms with Gasteiger partial charge in [-0.1, -0.05) is 53.5 Å². The van der Waals surface area contributed by atoms with Gasteiger partial charge >= 0.3 is 0 Å². The monoisotopic (exact) mass is 489 g/mol. The Hall–Kier alpha value is -3.04. The molecule has 2 atom stereocenters. The maximum atomic E-state index is 13.3. The number of ether oxygens (including phenoxy) is 1. The Balaban J connectivity index is 1.64. The Morgan fingerprint density at radius 1 is 1.15 bits per heavy atom. The van der Waals surface area contributed by atoms with Crippen LogP contribution in [0.4, 0.5) is 0 Å². The van der Waals surface area contributed by atoms with E-state index in [1.54, 1.807) is 30.7 Å². The lowest BCUT2D eigenvalue weighted by Gasteiger charge is -2.19. The Morgan fingerprint density at radius 3 is 2.64 bits per heavy atom. The van der Waals surface area contributed by atoms with Crippen LogP contribution in [-0.4, -0.2) is 32.8 Å². The Morgan fingerprint density at radius 2 is 1.91 bits per heavy atom. The summed E-state index contributed by atoms with van der Waals surface area (Å²) in [5.41, 5.74) is 4.05. The second-order valence-corrected chi connectivity index (χ2v) is 8.55. The van der Waals surface area contributed by atoms with Crippen LogP contribution in [0.25, 0.3) is 0 Å². The molecule has 0 bridgehead atoms. The Kier molecular flexibility index (Phi) is 6.62. The summed E-state index contributed by atoms with van der Waals surface area (Å²) in [4.78, 5) is 25.5. The molecule has 2 amide bonds. The minimum atomic E-state index is -0.833. The Labute approximate surface area is 199 Å². The topological polar surface area (TPSA) is 113 Å². The zero-order chi connectivity index (χ0) is 23.7. The molecule has 0 saturated heterocycles. The molecule has 1 aromatic heterocycles. The summed E-state index contributed by atoms with van der Waals surface area (Å²) in [6, 6.07) is 11.8. The van der Waals surface area contributed by atoms with E-state index in [-0.39, 0.29) is 23.6 Å². The molecule has 33 heavy (non-hydrogen) atoms. The molecule has 0 saturated carbocycles. The third kappa shape index (κ3) is 4.56. The van der Waals surface area contributed by atoms with Gasteiger partial charge in [0.1, 0.15) is 17.9 Å². The van der Waals surface area contributed by atoms with Gasteiger partial charge in [0.15, 0.2) is 5.75 Å². The number of fused-ring (bicyclic) bond motifs is 1. The number of aliphatic hydroxyl groups excluding tert-OH is 1. The van der Waals surface area contributed by atoms with Gasteiger partial charge in [0.25, 0.3) is 11.8 Å². The minimum absolute atomic E-state index is 0.0121. The lowest BCUT2D eigenvalue weighted by atomic mass is 10.1. The molecule has 1 heterocycles. The maximum absolute atomic E-state index is 13.3. The van der Waals surface area contributed by atoms with Crippen molar-refractivity contribution in [1.82, 2.24) is 15.4 Å². The first-order chi connectivity index (χ1) is 15.8. The highest BCUT2D eigenvalue weighted by Gasteiger charge is 2.34. The van der Waals surface area contributed by atoms with E-state index < -0.39 is 24.0 Å². The normalized spacial score (nSPS) is 16.9. The summed E-state index contributed by atoms with van der Waals surface area (Å²) >= 11 is 12.0. The van der Waals surface area contributed by atoms with Crippen molar-refractivity contribution in [3.05, 3.63) is 86.7 Å². The second-order valence-electron chi connectivity index (χ2n) is 7.73. The first kappa shape index (κ1) is 23.1. The van der Waals surface area contributed by atoms with Crippen LogP contribution in [0.15, 0.2) is 48.7 Å². The molecule has 0 fully saturated rings. The summed E-state index contributed by atoms with van der Waals surface area (Å²) < 4.78 is 7.28. The fraction of sp³-hybridized carbons (Fsp3) is 0.217. The highest BCUT2D eigenvalue weighted by Crippen LogP contribution is 2.33. The van der Waals surface area contributed by atoms with Crippen molar-refractivity contribution >= 4 is 35.0 Å². The number of aryl methyl sites for hydroxylation is 1.